The van der Waals surface area contributed by atoms with Crippen molar-refractivity contribution < 1.29 is 4.39 Å². The molecule has 0 atom stereocenters. The molecule has 0 aliphatic rings. The molecule has 5 heterocycles. The van der Waals surface area contributed by atoms with Crippen molar-refractivity contribution in [2.75, 3.05) is 5.32 Å². The number of aromatic amines is 2. The SMILES string of the molecule is C=C(Nc1cncc(-c2ncc3[nH]nc(-c4nc5nccc(N=CN)c5[nH]4)c3c2F)c1)C(C)(C)C. The average molecular weight is 471 g/mol. The van der Waals surface area contributed by atoms with E-state index < -0.39 is 5.82 Å². The first-order valence-corrected chi connectivity index (χ1v) is 10.8. The van der Waals surface area contributed by atoms with Gasteiger partial charge in [0.1, 0.15) is 16.9 Å². The third kappa shape index (κ3) is 3.97. The van der Waals surface area contributed by atoms with Gasteiger partial charge in [0.05, 0.1) is 41.0 Å². The van der Waals surface area contributed by atoms with Gasteiger partial charge < -0.3 is 16.0 Å². The van der Waals surface area contributed by atoms with Gasteiger partial charge in [0.2, 0.25) is 0 Å². The topological polar surface area (TPSA) is 146 Å². The third-order valence-electron chi connectivity index (χ3n) is 5.56. The minimum Gasteiger partial charge on any atom is -0.390 e. The first-order chi connectivity index (χ1) is 16.8. The summed E-state index contributed by atoms with van der Waals surface area (Å²) in [5, 5.41) is 10.6. The summed E-state index contributed by atoms with van der Waals surface area (Å²) in [6.45, 7) is 10.2. The van der Waals surface area contributed by atoms with E-state index >= 15 is 4.39 Å². The molecule has 11 heteroatoms. The number of anilines is 1. The summed E-state index contributed by atoms with van der Waals surface area (Å²) in [6, 6.07) is 3.48. The predicted molar refractivity (Wildman–Crippen MR) is 135 cm³/mol. The summed E-state index contributed by atoms with van der Waals surface area (Å²) in [4.78, 5) is 24.6. The molecule has 0 saturated carbocycles. The molecule has 35 heavy (non-hydrogen) atoms. The van der Waals surface area contributed by atoms with E-state index in [0.717, 1.165) is 5.70 Å². The number of fused-ring (bicyclic) bond motifs is 2. The molecule has 5 aromatic rings. The Kier molecular flexibility index (Phi) is 5.24. The van der Waals surface area contributed by atoms with Crippen LogP contribution in [0.15, 0.2) is 54.2 Å². The zero-order valence-electron chi connectivity index (χ0n) is 19.4. The van der Waals surface area contributed by atoms with Crippen molar-refractivity contribution in [1.82, 2.24) is 35.1 Å². The van der Waals surface area contributed by atoms with Gasteiger partial charge in [-0.2, -0.15) is 5.10 Å². The van der Waals surface area contributed by atoms with Gasteiger partial charge >= 0.3 is 0 Å². The highest BCUT2D eigenvalue weighted by molar-refractivity contribution is 5.96. The lowest BCUT2D eigenvalue weighted by molar-refractivity contribution is 0.509. The minimum atomic E-state index is -0.548. The summed E-state index contributed by atoms with van der Waals surface area (Å²) < 4.78 is 15.9. The Morgan fingerprint density at radius 1 is 1.20 bits per heavy atom. The van der Waals surface area contributed by atoms with E-state index in [9.17, 15) is 0 Å². The minimum absolute atomic E-state index is 0.139. The number of aromatic nitrogens is 7. The highest BCUT2D eigenvalue weighted by Crippen LogP contribution is 2.34. The van der Waals surface area contributed by atoms with Crippen molar-refractivity contribution in [3.63, 3.8) is 0 Å². The van der Waals surface area contributed by atoms with Crippen molar-refractivity contribution in [2.24, 2.45) is 16.1 Å². The molecule has 176 valence electrons. The lowest BCUT2D eigenvalue weighted by atomic mass is 9.93. The van der Waals surface area contributed by atoms with Crippen LogP contribution in [0.4, 0.5) is 15.8 Å². The summed E-state index contributed by atoms with van der Waals surface area (Å²) in [7, 11) is 0. The molecule has 0 amide bonds. The first kappa shape index (κ1) is 22.1. The number of nitrogens with one attached hydrogen (secondary N) is 3. The monoisotopic (exact) mass is 470 g/mol. The van der Waals surface area contributed by atoms with Crippen LogP contribution in [0.25, 0.3) is 44.8 Å². The van der Waals surface area contributed by atoms with Gasteiger partial charge in [0, 0.05) is 29.1 Å². The number of nitrogens with two attached hydrogens (primary N) is 1. The van der Waals surface area contributed by atoms with Gasteiger partial charge in [-0.25, -0.2) is 19.4 Å². The molecule has 10 nitrogen and oxygen atoms in total. The van der Waals surface area contributed by atoms with Crippen LogP contribution in [0.5, 0.6) is 0 Å². The second-order valence-corrected chi connectivity index (χ2v) is 8.99. The lowest BCUT2D eigenvalue weighted by Gasteiger charge is -2.23. The Morgan fingerprint density at radius 3 is 2.80 bits per heavy atom. The van der Waals surface area contributed by atoms with E-state index in [0.29, 0.717) is 45.1 Å². The van der Waals surface area contributed by atoms with E-state index in [1.54, 1.807) is 30.7 Å². The first-order valence-electron chi connectivity index (χ1n) is 10.8. The van der Waals surface area contributed by atoms with Gasteiger partial charge in [-0.1, -0.05) is 27.4 Å². The van der Waals surface area contributed by atoms with Gasteiger partial charge in [-0.05, 0) is 12.1 Å². The molecule has 5 rings (SSSR count). The number of aliphatic imine (C=N–C) groups is 1. The Hall–Kier alpha value is -4.67. The highest BCUT2D eigenvalue weighted by Gasteiger charge is 2.22. The number of pyridine rings is 3. The predicted octanol–water partition coefficient (Wildman–Crippen LogP) is 4.69. The molecule has 5 aromatic heterocycles. The average Bonchev–Trinajstić information content (AvgIpc) is 3.44. The van der Waals surface area contributed by atoms with Crippen LogP contribution in [-0.2, 0) is 0 Å². The maximum absolute atomic E-state index is 15.9. The quantitative estimate of drug-likeness (QED) is 0.215. The Bertz CT molecular complexity index is 1610. The van der Waals surface area contributed by atoms with Crippen molar-refractivity contribution in [2.45, 2.75) is 20.8 Å². The van der Waals surface area contributed by atoms with Crippen molar-refractivity contribution >= 4 is 39.8 Å². The standard InChI is InChI=1S/C24H23FN10/c1-12(24(2,3)4)31-14-7-13(8-27-9-14)19-18(25)17-16(10-29-19)34-35-21(17)23-32-20-15(30-11-26)5-6-28-22(20)33-23/h5-11,31H,1H2,2-4H3,(H,34,35)(H3,26,28,30,32,33). The summed E-state index contributed by atoms with van der Waals surface area (Å²) in [6.07, 6.45) is 7.50. The van der Waals surface area contributed by atoms with Crippen LogP contribution in [0.2, 0.25) is 0 Å². The second-order valence-electron chi connectivity index (χ2n) is 8.99. The number of imidazole rings is 1. The summed E-state index contributed by atoms with van der Waals surface area (Å²) >= 11 is 0. The number of allylic oxidation sites excluding steroid dienone is 1. The van der Waals surface area contributed by atoms with Crippen LogP contribution in [0.3, 0.4) is 0 Å². The Balaban J connectivity index is 1.60. The smallest absolute Gasteiger partial charge is 0.180 e. The molecule has 0 aliphatic heterocycles. The molecule has 0 aromatic carbocycles. The number of nitrogens with zero attached hydrogens (tertiary/aromatic N) is 6. The molecule has 0 radical (unpaired) electrons. The van der Waals surface area contributed by atoms with Gasteiger partial charge in [0.25, 0.3) is 0 Å². The van der Waals surface area contributed by atoms with Crippen molar-refractivity contribution in [3.8, 4) is 22.8 Å². The molecular weight excluding hydrogens is 447 g/mol. The molecule has 0 bridgehead atoms. The normalized spacial score (nSPS) is 12.1. The fourth-order valence-electron chi connectivity index (χ4n) is 3.55. The van der Waals surface area contributed by atoms with Gasteiger partial charge in [-0.3, -0.25) is 15.1 Å². The van der Waals surface area contributed by atoms with Crippen LogP contribution in [0.1, 0.15) is 20.8 Å². The number of halogens is 1. The lowest BCUT2D eigenvalue weighted by Crippen LogP contribution is -2.15. The molecule has 0 fully saturated rings. The van der Waals surface area contributed by atoms with E-state index in [1.807, 2.05) is 20.8 Å². The van der Waals surface area contributed by atoms with Crippen molar-refractivity contribution in [3.05, 3.63) is 55.0 Å². The van der Waals surface area contributed by atoms with Gasteiger partial charge in [0.15, 0.2) is 17.3 Å². The highest BCUT2D eigenvalue weighted by atomic mass is 19.1. The van der Waals surface area contributed by atoms with E-state index in [4.69, 9.17) is 5.73 Å². The molecule has 0 spiro atoms. The van der Waals surface area contributed by atoms with Crippen LogP contribution in [-0.4, -0.2) is 41.5 Å². The van der Waals surface area contributed by atoms with E-state index in [1.165, 1.54) is 12.5 Å². The van der Waals surface area contributed by atoms with E-state index in [2.05, 4.69) is 52.0 Å². The Labute approximate surface area is 199 Å². The summed E-state index contributed by atoms with van der Waals surface area (Å²) in [5.41, 5.74) is 9.71. The second kappa shape index (κ2) is 8.28. The molecule has 5 N–H and O–H groups in total. The van der Waals surface area contributed by atoms with Gasteiger partial charge in [-0.15, -0.1) is 0 Å². The van der Waals surface area contributed by atoms with Crippen molar-refractivity contribution in [1.29, 1.82) is 0 Å². The molecule has 0 unspecified atom stereocenters. The fourth-order valence-corrected chi connectivity index (χ4v) is 3.55. The molecule has 0 saturated heterocycles. The molecular formula is C24H23FN10. The number of hydrogen-bond donors (Lipinski definition) is 4. The zero-order valence-corrected chi connectivity index (χ0v) is 19.4. The van der Waals surface area contributed by atoms with Crippen LogP contribution >= 0.6 is 0 Å². The third-order valence-corrected chi connectivity index (χ3v) is 5.56. The Morgan fingerprint density at radius 2 is 2.03 bits per heavy atom. The maximum atomic E-state index is 15.9. The van der Waals surface area contributed by atoms with E-state index in [-0.39, 0.29) is 16.5 Å². The fraction of sp³-hybridized carbons (Fsp3) is 0.167. The number of H-pyrrole nitrogens is 2. The van der Waals surface area contributed by atoms with Crippen LogP contribution < -0.4 is 11.1 Å². The number of hydrogen-bond acceptors (Lipinski definition) is 7. The van der Waals surface area contributed by atoms with Crippen LogP contribution in [0, 0.1) is 11.2 Å². The zero-order chi connectivity index (χ0) is 24.7. The number of rotatable bonds is 5. The maximum Gasteiger partial charge on any atom is 0.180 e. The molecule has 0 aliphatic carbocycles. The largest absolute Gasteiger partial charge is 0.390 e. The summed E-state index contributed by atoms with van der Waals surface area (Å²) in [5.74, 6) is -0.210.